The molecule has 3 rings (SSSR count). The van der Waals surface area contributed by atoms with Crippen molar-refractivity contribution in [2.24, 2.45) is 0 Å². The van der Waals surface area contributed by atoms with Crippen molar-refractivity contribution in [3.05, 3.63) is 93.4 Å². The first-order chi connectivity index (χ1) is 11.2. The van der Waals surface area contributed by atoms with Gasteiger partial charge in [0.15, 0.2) is 0 Å². The van der Waals surface area contributed by atoms with Crippen molar-refractivity contribution in [2.45, 2.75) is 0 Å². The van der Waals surface area contributed by atoms with E-state index in [1.165, 1.54) is 0 Å². The molecule has 0 saturated heterocycles. The minimum atomic E-state index is 0. The number of amidine groups is 1. The first kappa shape index (κ1) is 18.7. The molecule has 3 aromatic carbocycles. The molecular formula is C19H15Br2ClN2. The van der Waals surface area contributed by atoms with Crippen LogP contribution in [0.3, 0.4) is 0 Å². The normalized spacial score (nSPS) is 10.8. The molecule has 0 aliphatic rings. The van der Waals surface area contributed by atoms with Gasteiger partial charge in [-0.25, -0.2) is 10.3 Å². The summed E-state index contributed by atoms with van der Waals surface area (Å²) < 4.78 is 2.03. The second kappa shape index (κ2) is 9.02. The molecule has 0 fully saturated rings. The topological polar surface area (TPSA) is 26.0 Å². The maximum atomic E-state index is 3.58. The lowest BCUT2D eigenvalue weighted by Gasteiger charge is -2.06. The predicted octanol–water partition coefficient (Wildman–Crippen LogP) is 1.49. The molecule has 24 heavy (non-hydrogen) atoms. The highest BCUT2D eigenvalue weighted by Gasteiger charge is 2.14. The summed E-state index contributed by atoms with van der Waals surface area (Å²) in [6, 6.07) is 26.3. The van der Waals surface area contributed by atoms with Crippen molar-refractivity contribution in [2.75, 3.05) is 5.32 Å². The Hall–Kier alpha value is -1.62. The van der Waals surface area contributed by atoms with Crippen molar-refractivity contribution in [3.63, 3.8) is 0 Å². The van der Waals surface area contributed by atoms with Gasteiger partial charge >= 0.3 is 0 Å². The Kier molecular flexibility index (Phi) is 7.03. The third kappa shape index (κ3) is 4.69. The van der Waals surface area contributed by atoms with E-state index in [0.717, 1.165) is 31.7 Å². The Balaban J connectivity index is 0.00000208. The molecule has 3 aromatic rings. The predicted molar refractivity (Wildman–Crippen MR) is 103 cm³/mol. The first-order valence-electron chi connectivity index (χ1n) is 7.19. The Morgan fingerprint density at radius 3 is 1.96 bits per heavy atom. The number of benzene rings is 3. The fourth-order valence-corrected chi connectivity index (χ4v) is 2.94. The molecule has 0 bridgehead atoms. The molecule has 0 atom stereocenters. The molecule has 122 valence electrons. The number of rotatable bonds is 3. The van der Waals surface area contributed by atoms with E-state index in [1.54, 1.807) is 0 Å². The molecule has 2 nitrogen and oxygen atoms in total. The van der Waals surface area contributed by atoms with Crippen LogP contribution in [-0.2, 0) is 0 Å². The van der Waals surface area contributed by atoms with Crippen molar-refractivity contribution in [3.8, 4) is 0 Å². The van der Waals surface area contributed by atoms with E-state index >= 15 is 0 Å². The molecule has 0 heterocycles. The van der Waals surface area contributed by atoms with Gasteiger partial charge in [0.25, 0.3) is 5.84 Å². The van der Waals surface area contributed by atoms with Gasteiger partial charge in [0.05, 0.1) is 14.5 Å². The molecule has 0 saturated carbocycles. The van der Waals surface area contributed by atoms with Gasteiger partial charge in [-0.2, -0.15) is 0 Å². The van der Waals surface area contributed by atoms with Crippen LogP contribution in [0.15, 0.2) is 87.8 Å². The summed E-state index contributed by atoms with van der Waals surface area (Å²) in [5, 5.41) is 3.48. The summed E-state index contributed by atoms with van der Waals surface area (Å²) in [7, 11) is 0. The number of hydrogen-bond acceptors (Lipinski definition) is 0. The molecule has 0 aromatic heterocycles. The van der Waals surface area contributed by atoms with Gasteiger partial charge in [-0.15, -0.1) is 0 Å². The van der Waals surface area contributed by atoms with Crippen molar-refractivity contribution in [1.29, 1.82) is 0 Å². The van der Waals surface area contributed by atoms with E-state index in [1.807, 2.05) is 66.7 Å². The van der Waals surface area contributed by atoms with Crippen LogP contribution in [0, 0.1) is 0 Å². The van der Waals surface area contributed by atoms with Gasteiger partial charge in [-0.1, -0.05) is 42.5 Å². The van der Waals surface area contributed by atoms with Crippen LogP contribution in [0.1, 0.15) is 5.56 Å². The molecule has 0 aliphatic carbocycles. The van der Waals surface area contributed by atoms with Gasteiger partial charge in [-0.05, 0) is 68.3 Å². The van der Waals surface area contributed by atoms with Crippen LogP contribution in [-0.4, -0.2) is 5.84 Å². The summed E-state index contributed by atoms with van der Waals surface area (Å²) in [4.78, 5) is 3.48. The van der Waals surface area contributed by atoms with Crippen LogP contribution in [0.2, 0.25) is 0 Å². The zero-order chi connectivity index (χ0) is 16.1. The standard InChI is InChI=1S/C19H14Br2N2.ClH/c20-15-10-4-6-12-17(15)22-19(14-8-2-1-3-9-14)23-18-13-7-5-11-16(18)21;/h1-13H,(H,22,23);1H. The fourth-order valence-electron chi connectivity index (χ4n) is 2.17. The third-order valence-electron chi connectivity index (χ3n) is 3.33. The fraction of sp³-hybridized carbons (Fsp3) is 0. The van der Waals surface area contributed by atoms with Gasteiger partial charge in [0.1, 0.15) is 11.4 Å². The van der Waals surface area contributed by atoms with E-state index in [4.69, 9.17) is 0 Å². The van der Waals surface area contributed by atoms with Crippen LogP contribution in [0.4, 0.5) is 11.4 Å². The Labute approximate surface area is 164 Å². The minimum absolute atomic E-state index is 0. The van der Waals surface area contributed by atoms with Crippen LogP contribution < -0.4 is 22.7 Å². The zero-order valence-corrected chi connectivity index (χ0v) is 16.6. The maximum Gasteiger partial charge on any atom is 0.285 e. The summed E-state index contributed by atoms with van der Waals surface area (Å²) in [5.41, 5.74) is 3.09. The average Bonchev–Trinajstić information content (AvgIpc) is 2.59. The SMILES string of the molecule is Brc1ccccc1NC(=[NH+]c1ccccc1Br)c1ccccc1.[Cl-]. The third-order valence-corrected chi connectivity index (χ3v) is 4.71. The molecule has 5 heteroatoms. The lowest BCUT2D eigenvalue weighted by atomic mass is 10.2. The van der Waals surface area contributed by atoms with Crippen LogP contribution >= 0.6 is 31.9 Å². The number of nitrogens with one attached hydrogen (secondary N) is 2. The summed E-state index contributed by atoms with van der Waals surface area (Å²) in [6.45, 7) is 0. The molecule has 0 amide bonds. The molecule has 0 unspecified atom stereocenters. The monoisotopic (exact) mass is 464 g/mol. The quantitative estimate of drug-likeness (QED) is 0.444. The van der Waals surface area contributed by atoms with Crippen molar-refractivity contribution < 1.29 is 17.4 Å². The van der Waals surface area contributed by atoms with E-state index in [-0.39, 0.29) is 12.4 Å². The zero-order valence-electron chi connectivity index (χ0n) is 12.6. The second-order valence-electron chi connectivity index (χ2n) is 4.95. The van der Waals surface area contributed by atoms with Gasteiger partial charge in [0.2, 0.25) is 0 Å². The highest BCUT2D eigenvalue weighted by Crippen LogP contribution is 2.22. The van der Waals surface area contributed by atoms with E-state index < -0.39 is 0 Å². The lowest BCUT2D eigenvalue weighted by Crippen LogP contribution is -3.00. The number of hydrogen-bond donors (Lipinski definition) is 2. The second-order valence-corrected chi connectivity index (χ2v) is 6.66. The van der Waals surface area contributed by atoms with Crippen molar-refractivity contribution >= 4 is 49.1 Å². The van der Waals surface area contributed by atoms with Gasteiger partial charge in [0, 0.05) is 0 Å². The molecule has 0 spiro atoms. The molecule has 2 N–H and O–H groups in total. The molecule has 0 radical (unpaired) electrons. The van der Waals surface area contributed by atoms with E-state index in [9.17, 15) is 0 Å². The van der Waals surface area contributed by atoms with E-state index in [0.29, 0.717) is 0 Å². The summed E-state index contributed by atoms with van der Waals surface area (Å²) in [5.74, 6) is 0.921. The molecular weight excluding hydrogens is 451 g/mol. The Bertz CT molecular complexity index is 836. The summed E-state index contributed by atoms with van der Waals surface area (Å²) in [6.07, 6.45) is 0. The average molecular weight is 467 g/mol. The lowest BCUT2D eigenvalue weighted by molar-refractivity contribution is -0.353. The number of anilines is 1. The van der Waals surface area contributed by atoms with Crippen LogP contribution in [0.25, 0.3) is 0 Å². The molecule has 0 aliphatic heterocycles. The first-order valence-corrected chi connectivity index (χ1v) is 8.78. The number of para-hydroxylation sites is 2. The van der Waals surface area contributed by atoms with Gasteiger partial charge < -0.3 is 12.4 Å². The minimum Gasteiger partial charge on any atom is -1.00 e. The maximum absolute atomic E-state index is 3.58. The van der Waals surface area contributed by atoms with Gasteiger partial charge in [-0.3, -0.25) is 0 Å². The highest BCUT2D eigenvalue weighted by molar-refractivity contribution is 9.11. The largest absolute Gasteiger partial charge is 1.00 e. The smallest absolute Gasteiger partial charge is 0.285 e. The highest BCUT2D eigenvalue weighted by atomic mass is 79.9. The summed E-state index contributed by atoms with van der Waals surface area (Å²) >= 11 is 7.17. The Morgan fingerprint density at radius 1 is 0.708 bits per heavy atom. The van der Waals surface area contributed by atoms with E-state index in [2.05, 4.69) is 54.3 Å². The number of halogens is 3. The van der Waals surface area contributed by atoms with Crippen molar-refractivity contribution in [1.82, 2.24) is 0 Å². The van der Waals surface area contributed by atoms with Crippen LogP contribution in [0.5, 0.6) is 0 Å². The Morgan fingerprint density at radius 2 is 1.29 bits per heavy atom.